The van der Waals surface area contributed by atoms with Crippen LogP contribution in [0.5, 0.6) is 5.75 Å². The molecule has 7 nitrogen and oxygen atoms in total. The van der Waals surface area contributed by atoms with Gasteiger partial charge in [0, 0.05) is 19.2 Å². The molecule has 31 heavy (non-hydrogen) atoms. The van der Waals surface area contributed by atoms with Crippen molar-refractivity contribution in [3.05, 3.63) is 65.0 Å². The maximum Gasteiger partial charge on any atom is 0.221 e. The summed E-state index contributed by atoms with van der Waals surface area (Å²) in [7, 11) is -2.24. The second-order valence-electron chi connectivity index (χ2n) is 8.56. The van der Waals surface area contributed by atoms with E-state index in [1.165, 1.54) is 23.5 Å². The first kappa shape index (κ1) is 23.2. The number of nitrogens with two attached hydrogens (primary N) is 1. The van der Waals surface area contributed by atoms with E-state index in [0.29, 0.717) is 11.3 Å². The van der Waals surface area contributed by atoms with Crippen LogP contribution in [0.2, 0.25) is 0 Å². The highest BCUT2D eigenvalue weighted by molar-refractivity contribution is 7.90. The van der Waals surface area contributed by atoms with Crippen molar-refractivity contribution < 1.29 is 17.5 Å². The minimum Gasteiger partial charge on any atom is -0.489 e. The molecule has 0 amide bonds. The van der Waals surface area contributed by atoms with E-state index in [1.807, 2.05) is 0 Å². The number of ether oxygens (including phenoxy) is 1. The first-order valence-electron chi connectivity index (χ1n) is 9.82. The van der Waals surface area contributed by atoms with Crippen LogP contribution in [0.3, 0.4) is 0 Å². The number of halogens is 1. The summed E-state index contributed by atoms with van der Waals surface area (Å²) in [6.45, 7) is 5.07. The number of benzene rings is 2. The number of rotatable bonds is 4. The summed E-state index contributed by atoms with van der Waals surface area (Å²) < 4.78 is 46.5. The fourth-order valence-corrected chi connectivity index (χ4v) is 5.29. The van der Waals surface area contributed by atoms with Gasteiger partial charge < -0.3 is 10.5 Å². The fourth-order valence-electron chi connectivity index (χ4n) is 3.68. The van der Waals surface area contributed by atoms with Gasteiger partial charge in [0.25, 0.3) is 0 Å². The highest BCUT2D eigenvalue weighted by Gasteiger charge is 2.50. The van der Waals surface area contributed by atoms with Crippen molar-refractivity contribution >= 4 is 10.0 Å². The van der Waals surface area contributed by atoms with Gasteiger partial charge in [-0.25, -0.2) is 17.1 Å². The zero-order valence-electron chi connectivity index (χ0n) is 18.0. The number of nitriles is 1. The van der Waals surface area contributed by atoms with Crippen LogP contribution in [0.15, 0.2) is 42.5 Å². The summed E-state index contributed by atoms with van der Waals surface area (Å²) in [5.41, 5.74) is 6.82. The summed E-state index contributed by atoms with van der Waals surface area (Å²) in [5, 5.41) is 12.0. The number of hydrogen-bond donors (Lipinski definition) is 2. The van der Waals surface area contributed by atoms with Crippen LogP contribution in [0.4, 0.5) is 4.39 Å². The molecular formula is C22H27FN4O3S. The molecule has 1 heterocycles. The minimum atomic E-state index is -3.71. The third-order valence-electron chi connectivity index (χ3n) is 5.86. The second kappa shape index (κ2) is 8.20. The van der Waals surface area contributed by atoms with Crippen LogP contribution in [-0.4, -0.2) is 37.2 Å². The Bertz CT molecular complexity index is 1110. The Morgan fingerprint density at radius 3 is 2.52 bits per heavy atom. The molecule has 1 fully saturated rings. The Morgan fingerprint density at radius 1 is 1.26 bits per heavy atom. The Hall–Kier alpha value is -2.51. The second-order valence-corrected chi connectivity index (χ2v) is 11.2. The van der Waals surface area contributed by atoms with E-state index >= 15 is 0 Å². The third kappa shape index (κ3) is 4.29. The topological polar surface area (TPSA) is 108 Å². The van der Waals surface area contributed by atoms with Crippen molar-refractivity contribution in [2.45, 2.75) is 43.8 Å². The predicted molar refractivity (Wildman–Crippen MR) is 116 cm³/mol. The zero-order valence-corrected chi connectivity index (χ0v) is 18.8. The first-order chi connectivity index (χ1) is 14.4. The van der Waals surface area contributed by atoms with Gasteiger partial charge in [-0.2, -0.15) is 5.26 Å². The molecule has 9 heteroatoms. The largest absolute Gasteiger partial charge is 0.489 e. The van der Waals surface area contributed by atoms with Gasteiger partial charge in [0.2, 0.25) is 10.0 Å². The molecule has 0 saturated carbocycles. The van der Waals surface area contributed by atoms with Crippen molar-refractivity contribution in [3.8, 4) is 11.8 Å². The molecule has 1 unspecified atom stereocenters. The lowest BCUT2D eigenvalue weighted by molar-refractivity contribution is 0.261. The molecule has 1 aliphatic heterocycles. The number of nitrogens with one attached hydrogen (secondary N) is 1. The van der Waals surface area contributed by atoms with Crippen molar-refractivity contribution in [2.24, 2.45) is 5.73 Å². The highest BCUT2D eigenvalue weighted by atomic mass is 32.2. The summed E-state index contributed by atoms with van der Waals surface area (Å²) in [6, 6.07) is 13.4. The monoisotopic (exact) mass is 446 g/mol. The van der Waals surface area contributed by atoms with E-state index in [9.17, 15) is 12.8 Å². The van der Waals surface area contributed by atoms with E-state index in [4.69, 9.17) is 15.7 Å². The smallest absolute Gasteiger partial charge is 0.221 e. The average molecular weight is 447 g/mol. The van der Waals surface area contributed by atoms with Gasteiger partial charge in [0.1, 0.15) is 22.9 Å². The Balaban J connectivity index is 1.90. The Kier molecular flexibility index (Phi) is 6.13. The van der Waals surface area contributed by atoms with Crippen LogP contribution in [-0.2, 0) is 22.2 Å². The highest BCUT2D eigenvalue weighted by Crippen LogP contribution is 2.35. The molecule has 166 valence electrons. The first-order valence-corrected chi connectivity index (χ1v) is 11.3. The molecule has 0 radical (unpaired) electrons. The maximum atomic E-state index is 14.9. The van der Waals surface area contributed by atoms with Crippen LogP contribution >= 0.6 is 0 Å². The lowest BCUT2D eigenvalue weighted by Gasteiger charge is -2.35. The molecule has 0 bridgehead atoms. The predicted octanol–water partition coefficient (Wildman–Crippen LogP) is 2.42. The number of nitrogens with zero attached hydrogens (tertiary/aromatic N) is 2. The standard InChI is InChI=1S/C22H27FN4O3S/c1-21(2)20(25)26-22(3,14-27(4)31(21,28)29)18-11-17(9-10-19(18)23)30-13-16-7-5-15(12-24)6-8-16/h5-11,20,26H,13-14,25H2,1-4H3/t20?,22-/m0/s1. The Morgan fingerprint density at radius 2 is 1.90 bits per heavy atom. The third-order valence-corrected chi connectivity index (χ3v) is 8.39. The van der Waals surface area contributed by atoms with Crippen molar-refractivity contribution in [1.29, 1.82) is 5.26 Å². The molecule has 0 aliphatic carbocycles. The van der Waals surface area contributed by atoms with Gasteiger partial charge in [-0.1, -0.05) is 12.1 Å². The van der Waals surface area contributed by atoms with E-state index < -0.39 is 32.3 Å². The molecule has 1 saturated heterocycles. The summed E-state index contributed by atoms with van der Waals surface area (Å²) in [6.07, 6.45) is -0.921. The molecule has 0 spiro atoms. The number of likely N-dealkylation sites (N-methyl/N-ethyl adjacent to an activating group) is 1. The maximum absolute atomic E-state index is 14.9. The number of sulfonamides is 1. The summed E-state index contributed by atoms with van der Waals surface area (Å²) >= 11 is 0. The van der Waals surface area contributed by atoms with Crippen molar-refractivity contribution in [2.75, 3.05) is 13.6 Å². The van der Waals surface area contributed by atoms with Gasteiger partial charge in [0.05, 0.1) is 23.3 Å². The molecule has 2 aromatic rings. The van der Waals surface area contributed by atoms with Crippen LogP contribution < -0.4 is 15.8 Å². The van der Waals surface area contributed by atoms with Crippen LogP contribution in [0, 0.1) is 17.1 Å². The fraction of sp³-hybridized carbons (Fsp3) is 0.409. The summed E-state index contributed by atoms with van der Waals surface area (Å²) in [5.74, 6) is -0.0511. The normalized spacial score (nSPS) is 25.4. The molecule has 0 aromatic heterocycles. The van der Waals surface area contributed by atoms with Crippen LogP contribution in [0.25, 0.3) is 0 Å². The van der Waals surface area contributed by atoms with Crippen molar-refractivity contribution in [3.63, 3.8) is 0 Å². The van der Waals surface area contributed by atoms with Gasteiger partial charge in [0.15, 0.2) is 0 Å². The molecule has 3 N–H and O–H groups in total. The average Bonchev–Trinajstić information content (AvgIpc) is 2.76. The lowest BCUT2D eigenvalue weighted by Crippen LogP contribution is -2.60. The zero-order chi connectivity index (χ0) is 23.0. The van der Waals surface area contributed by atoms with Crippen molar-refractivity contribution in [1.82, 2.24) is 9.62 Å². The van der Waals surface area contributed by atoms with E-state index in [1.54, 1.807) is 51.1 Å². The van der Waals surface area contributed by atoms with E-state index in [0.717, 1.165) is 5.56 Å². The van der Waals surface area contributed by atoms with Gasteiger partial charge in [-0.15, -0.1) is 0 Å². The minimum absolute atomic E-state index is 0.00244. The molecular weight excluding hydrogens is 419 g/mol. The molecule has 1 aliphatic rings. The lowest BCUT2D eigenvalue weighted by atomic mass is 9.89. The number of hydrogen-bond acceptors (Lipinski definition) is 6. The van der Waals surface area contributed by atoms with Crippen LogP contribution in [0.1, 0.15) is 37.5 Å². The van der Waals surface area contributed by atoms with Gasteiger partial charge in [-0.05, 0) is 56.7 Å². The quantitative estimate of drug-likeness (QED) is 0.747. The van der Waals surface area contributed by atoms with E-state index in [-0.39, 0.29) is 18.7 Å². The summed E-state index contributed by atoms with van der Waals surface area (Å²) in [4.78, 5) is 0. The molecule has 2 aromatic carbocycles. The van der Waals surface area contributed by atoms with Gasteiger partial charge in [-0.3, -0.25) is 5.32 Å². The SMILES string of the molecule is CN1C[C@@](C)(c2cc(OCc3ccc(C#N)cc3)ccc2F)NC(N)C(C)(C)S1(=O)=O. The molecule has 3 rings (SSSR count). The van der Waals surface area contributed by atoms with E-state index in [2.05, 4.69) is 11.4 Å². The Labute approximate surface area is 182 Å². The van der Waals surface area contributed by atoms with Gasteiger partial charge >= 0.3 is 0 Å². The molecule has 2 atom stereocenters.